The van der Waals surface area contributed by atoms with E-state index in [0.29, 0.717) is 12.2 Å². The second-order valence-electron chi connectivity index (χ2n) is 6.19. The Balaban J connectivity index is 1.87. The van der Waals surface area contributed by atoms with Gasteiger partial charge in [0.2, 0.25) is 0 Å². The van der Waals surface area contributed by atoms with Gasteiger partial charge in [-0.1, -0.05) is 63.6 Å². The Bertz CT molecular complexity index is 928. The van der Waals surface area contributed by atoms with Gasteiger partial charge in [-0.3, -0.25) is 0 Å². The zero-order valence-electron chi connectivity index (χ0n) is 15.5. The Morgan fingerprint density at radius 2 is 2.04 bits per heavy atom. The van der Waals surface area contributed by atoms with Crippen molar-refractivity contribution >= 4 is 50.4 Å². The Kier molecular flexibility index (Phi) is 7.21. The van der Waals surface area contributed by atoms with Gasteiger partial charge in [-0.25, -0.2) is 9.79 Å². The lowest BCUT2D eigenvalue weighted by Gasteiger charge is -2.26. The second-order valence-corrected chi connectivity index (χ2v) is 8.51. The third kappa shape index (κ3) is 5.19. The fourth-order valence-corrected chi connectivity index (χ4v) is 4.29. The Morgan fingerprint density at radius 3 is 2.71 bits per heavy atom. The molecule has 7 heteroatoms. The lowest BCUT2D eigenvalue weighted by molar-refractivity contribution is -0.138. The van der Waals surface area contributed by atoms with Crippen LogP contribution in [0.25, 0.3) is 0 Å². The highest BCUT2D eigenvalue weighted by Gasteiger charge is 2.30. The molecule has 3 rings (SSSR count). The van der Waals surface area contributed by atoms with E-state index < -0.39 is 6.04 Å². The topological polar surface area (TPSA) is 50.7 Å². The van der Waals surface area contributed by atoms with Crippen LogP contribution in [-0.4, -0.2) is 17.7 Å². The van der Waals surface area contributed by atoms with Crippen molar-refractivity contribution in [1.29, 1.82) is 0 Å². The molecule has 1 N–H and O–H groups in total. The van der Waals surface area contributed by atoms with Crippen LogP contribution in [0.15, 0.2) is 69.3 Å². The molecule has 1 aliphatic rings. The third-order valence-electron chi connectivity index (χ3n) is 4.17. The van der Waals surface area contributed by atoms with Gasteiger partial charge in [0.05, 0.1) is 12.2 Å². The predicted octanol–water partition coefficient (Wildman–Crippen LogP) is 5.87. The van der Waals surface area contributed by atoms with E-state index in [4.69, 9.17) is 21.3 Å². The van der Waals surface area contributed by atoms with E-state index in [1.165, 1.54) is 0 Å². The van der Waals surface area contributed by atoms with Gasteiger partial charge in [-0.2, -0.15) is 0 Å². The summed E-state index contributed by atoms with van der Waals surface area (Å²) in [5.41, 5.74) is 3.38. The molecule has 0 radical (unpaired) electrons. The first-order chi connectivity index (χ1) is 13.5. The molecule has 0 unspecified atom stereocenters. The average Bonchev–Trinajstić information content (AvgIpc) is 2.67. The van der Waals surface area contributed by atoms with Crippen LogP contribution in [0.4, 0.5) is 0 Å². The summed E-state index contributed by atoms with van der Waals surface area (Å²) in [4.78, 5) is 17.4. The maximum absolute atomic E-state index is 12.6. The van der Waals surface area contributed by atoms with Crippen molar-refractivity contribution in [2.45, 2.75) is 25.6 Å². The van der Waals surface area contributed by atoms with Crippen LogP contribution in [0.2, 0.25) is 5.02 Å². The molecular weight excluding hydrogens is 460 g/mol. The highest BCUT2D eigenvalue weighted by Crippen LogP contribution is 2.34. The lowest BCUT2D eigenvalue weighted by atomic mass is 9.97. The molecular formula is C21H20BrClN2O2S. The number of hydrogen-bond acceptors (Lipinski definition) is 5. The Hall–Kier alpha value is -1.76. The first kappa shape index (κ1) is 21.0. The quantitative estimate of drug-likeness (QED) is 0.545. The minimum atomic E-state index is -0.412. The highest BCUT2D eigenvalue weighted by atomic mass is 79.9. The number of halogens is 2. The van der Waals surface area contributed by atoms with Crippen LogP contribution in [0, 0.1) is 0 Å². The van der Waals surface area contributed by atoms with Crippen LogP contribution in [0.1, 0.15) is 31.0 Å². The molecule has 1 heterocycles. The van der Waals surface area contributed by atoms with E-state index in [9.17, 15) is 4.79 Å². The number of benzene rings is 2. The molecule has 2 aromatic carbocycles. The van der Waals surface area contributed by atoms with Gasteiger partial charge in [0.1, 0.15) is 6.04 Å². The molecule has 4 nitrogen and oxygen atoms in total. The molecule has 0 aliphatic carbocycles. The summed E-state index contributed by atoms with van der Waals surface area (Å²) in [5.74, 6) is 0.402. The Morgan fingerprint density at radius 1 is 1.29 bits per heavy atom. The number of carbonyl (C=O) groups excluding carboxylic acids is 1. The molecule has 0 amide bonds. The smallest absolute Gasteiger partial charge is 0.338 e. The first-order valence-electron chi connectivity index (χ1n) is 8.83. The molecule has 0 saturated carbocycles. The standard InChI is InChI=1S/C21H20BrClN2O2S/c1-3-27-20(26)18-13(2)24-21(28-12-14-7-9-17(23)10-8-14)25-19(18)15-5-4-6-16(22)11-15/h4-11,19H,3,12H2,1-2H3,(H,24,25)/t19-/m0/s1. The number of amidine groups is 1. The molecule has 0 saturated heterocycles. The van der Waals surface area contributed by atoms with E-state index >= 15 is 0 Å². The minimum absolute atomic E-state index is 0.322. The summed E-state index contributed by atoms with van der Waals surface area (Å²) in [6.07, 6.45) is 0. The van der Waals surface area contributed by atoms with Crippen LogP contribution < -0.4 is 5.32 Å². The zero-order chi connectivity index (χ0) is 20.1. The average molecular weight is 480 g/mol. The van der Waals surface area contributed by atoms with Crippen molar-refractivity contribution in [3.63, 3.8) is 0 Å². The maximum Gasteiger partial charge on any atom is 0.338 e. The summed E-state index contributed by atoms with van der Waals surface area (Å²) in [6.45, 7) is 4.01. The monoisotopic (exact) mass is 478 g/mol. The van der Waals surface area contributed by atoms with E-state index in [2.05, 4.69) is 21.2 Å². The predicted molar refractivity (Wildman–Crippen MR) is 120 cm³/mol. The van der Waals surface area contributed by atoms with E-state index in [-0.39, 0.29) is 5.97 Å². The van der Waals surface area contributed by atoms with Gasteiger partial charge in [0.15, 0.2) is 5.17 Å². The number of rotatable bonds is 5. The Labute approximate surface area is 182 Å². The minimum Gasteiger partial charge on any atom is -0.463 e. The number of thioether (sulfide) groups is 1. The molecule has 0 spiro atoms. The van der Waals surface area contributed by atoms with E-state index in [0.717, 1.165) is 37.2 Å². The molecule has 1 atom stereocenters. The number of aliphatic imine (C=N–C) groups is 1. The molecule has 146 valence electrons. The molecule has 0 bridgehead atoms. The number of allylic oxidation sites excluding steroid dienone is 1. The second kappa shape index (κ2) is 9.63. The fraction of sp³-hybridized carbons (Fsp3) is 0.238. The van der Waals surface area contributed by atoms with Crippen molar-refractivity contribution in [3.05, 3.63) is 80.4 Å². The van der Waals surface area contributed by atoms with Gasteiger partial charge in [-0.05, 0) is 49.2 Å². The number of nitrogens with one attached hydrogen (secondary N) is 1. The van der Waals surface area contributed by atoms with E-state index in [1.807, 2.05) is 55.5 Å². The lowest BCUT2D eigenvalue weighted by Crippen LogP contribution is -2.30. The highest BCUT2D eigenvalue weighted by molar-refractivity contribution is 9.10. The molecule has 1 aliphatic heterocycles. The first-order valence-corrected chi connectivity index (χ1v) is 11.0. The summed E-state index contributed by atoms with van der Waals surface area (Å²) in [5, 5.41) is 4.74. The van der Waals surface area contributed by atoms with Gasteiger partial charge in [-0.15, -0.1) is 0 Å². The number of nitrogens with zero attached hydrogens (tertiary/aromatic N) is 1. The number of carbonyl (C=O) groups is 1. The molecule has 2 aromatic rings. The van der Waals surface area contributed by atoms with Crippen LogP contribution in [-0.2, 0) is 15.3 Å². The van der Waals surface area contributed by atoms with Gasteiger partial charge in [0.25, 0.3) is 0 Å². The van der Waals surface area contributed by atoms with Crippen molar-refractivity contribution in [3.8, 4) is 0 Å². The largest absolute Gasteiger partial charge is 0.463 e. The third-order valence-corrected chi connectivity index (χ3v) is 5.87. The number of hydrogen-bond donors (Lipinski definition) is 1. The van der Waals surface area contributed by atoms with Gasteiger partial charge < -0.3 is 10.1 Å². The normalized spacial score (nSPS) is 16.4. The summed E-state index contributed by atoms with van der Waals surface area (Å²) < 4.78 is 6.21. The maximum atomic E-state index is 12.6. The van der Waals surface area contributed by atoms with Crippen LogP contribution in [0.5, 0.6) is 0 Å². The molecule has 28 heavy (non-hydrogen) atoms. The van der Waals surface area contributed by atoms with Gasteiger partial charge in [0, 0.05) is 20.9 Å². The zero-order valence-corrected chi connectivity index (χ0v) is 18.7. The number of esters is 1. The van der Waals surface area contributed by atoms with Crippen molar-refractivity contribution in [2.24, 2.45) is 4.99 Å². The van der Waals surface area contributed by atoms with Crippen molar-refractivity contribution in [2.75, 3.05) is 6.61 Å². The summed E-state index contributed by atoms with van der Waals surface area (Å²) in [6, 6.07) is 15.2. The van der Waals surface area contributed by atoms with E-state index in [1.54, 1.807) is 18.7 Å². The molecule has 0 aromatic heterocycles. The van der Waals surface area contributed by atoms with Crippen LogP contribution in [0.3, 0.4) is 0 Å². The summed E-state index contributed by atoms with van der Waals surface area (Å²) >= 11 is 11.0. The summed E-state index contributed by atoms with van der Waals surface area (Å²) in [7, 11) is 0. The molecule has 0 fully saturated rings. The van der Waals surface area contributed by atoms with Gasteiger partial charge >= 0.3 is 5.97 Å². The SMILES string of the molecule is CCOC(=O)C1=C(C)NC(SCc2ccc(Cl)cc2)=N[C@H]1c1cccc(Br)c1. The fourth-order valence-electron chi connectivity index (χ4n) is 2.84. The van der Waals surface area contributed by atoms with Crippen LogP contribution >= 0.6 is 39.3 Å². The van der Waals surface area contributed by atoms with Crippen molar-refractivity contribution < 1.29 is 9.53 Å². The number of ether oxygens (including phenoxy) is 1. The van der Waals surface area contributed by atoms with Crippen molar-refractivity contribution in [1.82, 2.24) is 5.32 Å².